The van der Waals surface area contributed by atoms with Crippen LogP contribution in [0.5, 0.6) is 5.75 Å². The molecule has 0 radical (unpaired) electrons. The molecule has 3 N–H and O–H groups in total. The first-order valence-corrected chi connectivity index (χ1v) is 11.2. The average molecular weight is 576 g/mol. The summed E-state index contributed by atoms with van der Waals surface area (Å²) in [7, 11) is 3.31. The first-order valence-electron chi connectivity index (χ1n) is 11.2. The summed E-state index contributed by atoms with van der Waals surface area (Å²) in [5, 5.41) is 9.48. The third kappa shape index (κ3) is 9.09. The summed E-state index contributed by atoms with van der Waals surface area (Å²) in [5.74, 6) is 2.46. The third-order valence-corrected chi connectivity index (χ3v) is 5.20. The van der Waals surface area contributed by atoms with Crippen molar-refractivity contribution in [2.24, 2.45) is 4.99 Å². The molecule has 0 atom stereocenters. The van der Waals surface area contributed by atoms with Crippen LogP contribution in [0.15, 0.2) is 76.3 Å². The molecule has 0 aliphatic carbocycles. The first kappa shape index (κ1) is 27.2. The predicted molar refractivity (Wildman–Crippen MR) is 146 cm³/mol. The SMILES string of the molecule is CNC(=O)c1cccc(CCNC(=NCCc2ccco2)NCCc2ccc(OC)cc2)c1.I. The molecular formula is C26H33IN4O3. The molecule has 182 valence electrons. The van der Waals surface area contributed by atoms with E-state index >= 15 is 0 Å². The highest BCUT2D eigenvalue weighted by Gasteiger charge is 2.05. The Morgan fingerprint density at radius 3 is 2.32 bits per heavy atom. The molecule has 0 unspecified atom stereocenters. The fourth-order valence-electron chi connectivity index (χ4n) is 3.36. The van der Waals surface area contributed by atoms with Gasteiger partial charge in [-0.3, -0.25) is 9.79 Å². The van der Waals surface area contributed by atoms with Crippen molar-refractivity contribution in [1.29, 1.82) is 0 Å². The van der Waals surface area contributed by atoms with E-state index in [0.29, 0.717) is 18.7 Å². The summed E-state index contributed by atoms with van der Waals surface area (Å²) < 4.78 is 10.6. The maximum absolute atomic E-state index is 11.9. The molecule has 1 aromatic heterocycles. The lowest BCUT2D eigenvalue weighted by atomic mass is 10.1. The van der Waals surface area contributed by atoms with Gasteiger partial charge in [0.25, 0.3) is 5.91 Å². The van der Waals surface area contributed by atoms with Crippen LogP contribution in [0.1, 0.15) is 27.2 Å². The van der Waals surface area contributed by atoms with Crippen molar-refractivity contribution in [2.75, 3.05) is 33.8 Å². The molecule has 0 fully saturated rings. The van der Waals surface area contributed by atoms with Crippen molar-refractivity contribution in [3.05, 3.63) is 89.4 Å². The molecule has 7 nitrogen and oxygen atoms in total. The van der Waals surface area contributed by atoms with Crippen molar-refractivity contribution in [3.8, 4) is 5.75 Å². The number of carbonyl (C=O) groups is 1. The Kier molecular flexibility index (Phi) is 12.0. The van der Waals surface area contributed by atoms with Gasteiger partial charge in [0.1, 0.15) is 11.5 Å². The fourth-order valence-corrected chi connectivity index (χ4v) is 3.36. The predicted octanol–water partition coefficient (Wildman–Crippen LogP) is 3.83. The van der Waals surface area contributed by atoms with Gasteiger partial charge in [0.2, 0.25) is 0 Å². The highest BCUT2D eigenvalue weighted by atomic mass is 127. The zero-order chi connectivity index (χ0) is 23.3. The van der Waals surface area contributed by atoms with Crippen LogP contribution < -0.4 is 20.7 Å². The molecular weight excluding hydrogens is 543 g/mol. The number of furan rings is 1. The van der Waals surface area contributed by atoms with Gasteiger partial charge in [-0.25, -0.2) is 0 Å². The van der Waals surface area contributed by atoms with Crippen LogP contribution in [0, 0.1) is 0 Å². The van der Waals surface area contributed by atoms with Gasteiger partial charge in [-0.2, -0.15) is 0 Å². The molecule has 8 heteroatoms. The summed E-state index contributed by atoms with van der Waals surface area (Å²) in [5.41, 5.74) is 2.99. The zero-order valence-corrected chi connectivity index (χ0v) is 22.0. The smallest absolute Gasteiger partial charge is 0.251 e. The first-order chi connectivity index (χ1) is 16.2. The van der Waals surface area contributed by atoms with Crippen molar-refractivity contribution in [1.82, 2.24) is 16.0 Å². The molecule has 0 aliphatic rings. The molecule has 2 aromatic carbocycles. The van der Waals surface area contributed by atoms with Gasteiger partial charge >= 0.3 is 0 Å². The molecule has 0 bridgehead atoms. The maximum atomic E-state index is 11.9. The Morgan fingerprint density at radius 2 is 1.68 bits per heavy atom. The number of halogens is 1. The van der Waals surface area contributed by atoms with E-state index < -0.39 is 0 Å². The van der Waals surface area contributed by atoms with Crippen LogP contribution in [0.25, 0.3) is 0 Å². The molecule has 0 aliphatic heterocycles. The summed E-state index contributed by atoms with van der Waals surface area (Å²) in [4.78, 5) is 16.6. The van der Waals surface area contributed by atoms with Gasteiger partial charge in [0, 0.05) is 38.7 Å². The van der Waals surface area contributed by atoms with E-state index in [9.17, 15) is 4.79 Å². The average Bonchev–Trinajstić information content (AvgIpc) is 3.37. The Hall–Kier alpha value is -3.01. The number of hydrogen-bond donors (Lipinski definition) is 3. The number of carbonyl (C=O) groups excluding carboxylic acids is 1. The van der Waals surface area contributed by atoms with Crippen LogP contribution in [0.3, 0.4) is 0 Å². The number of rotatable bonds is 11. The molecule has 34 heavy (non-hydrogen) atoms. The molecule has 0 saturated carbocycles. The van der Waals surface area contributed by atoms with Gasteiger partial charge in [-0.15, -0.1) is 24.0 Å². The van der Waals surface area contributed by atoms with Crippen molar-refractivity contribution in [2.45, 2.75) is 19.3 Å². The summed E-state index contributed by atoms with van der Waals surface area (Å²) in [6.45, 7) is 2.08. The molecule has 0 spiro atoms. The quantitative estimate of drug-likeness (QED) is 0.184. The van der Waals surface area contributed by atoms with Crippen LogP contribution in [0.2, 0.25) is 0 Å². The van der Waals surface area contributed by atoms with Crippen molar-refractivity contribution >= 4 is 35.8 Å². The molecule has 3 aromatic rings. The fraction of sp³-hybridized carbons (Fsp3) is 0.308. The number of hydrogen-bond acceptors (Lipinski definition) is 4. The maximum Gasteiger partial charge on any atom is 0.251 e. The van der Waals surface area contributed by atoms with Crippen LogP contribution >= 0.6 is 24.0 Å². The monoisotopic (exact) mass is 576 g/mol. The Labute approximate surface area is 218 Å². The van der Waals surface area contributed by atoms with Gasteiger partial charge in [-0.1, -0.05) is 24.3 Å². The minimum absolute atomic E-state index is 0. The summed E-state index contributed by atoms with van der Waals surface area (Å²) >= 11 is 0. The zero-order valence-electron chi connectivity index (χ0n) is 19.7. The number of ether oxygens (including phenoxy) is 1. The Balaban J connectivity index is 0.00000408. The number of nitrogens with zero attached hydrogens (tertiary/aromatic N) is 1. The Morgan fingerprint density at radius 1 is 0.941 bits per heavy atom. The van der Waals surface area contributed by atoms with E-state index in [-0.39, 0.29) is 29.9 Å². The second-order valence-corrected chi connectivity index (χ2v) is 7.54. The third-order valence-electron chi connectivity index (χ3n) is 5.20. The molecule has 0 saturated heterocycles. The van der Waals surface area contributed by atoms with E-state index in [1.54, 1.807) is 20.4 Å². The van der Waals surface area contributed by atoms with E-state index in [2.05, 4.69) is 28.1 Å². The van der Waals surface area contributed by atoms with E-state index in [4.69, 9.17) is 14.1 Å². The van der Waals surface area contributed by atoms with E-state index in [0.717, 1.165) is 48.8 Å². The Bertz CT molecular complexity index is 1020. The molecule has 1 amide bonds. The lowest BCUT2D eigenvalue weighted by Crippen LogP contribution is -2.39. The minimum Gasteiger partial charge on any atom is -0.497 e. The number of guanidine groups is 1. The van der Waals surface area contributed by atoms with Gasteiger partial charge in [0.05, 0.1) is 13.4 Å². The number of amides is 1. The van der Waals surface area contributed by atoms with E-state index in [1.807, 2.05) is 48.5 Å². The van der Waals surface area contributed by atoms with Crippen molar-refractivity contribution < 1.29 is 13.9 Å². The standard InChI is InChI=1S/C26H32N4O3.HI/c1-27-25(31)22-6-3-5-21(19-22)13-16-29-26(30-17-14-24-7-4-18-33-24)28-15-12-20-8-10-23(32-2)11-9-20;/h3-11,18-19H,12-17H2,1-2H3,(H,27,31)(H2,28,29,30);1H. The summed E-state index contributed by atoms with van der Waals surface area (Å²) in [6.07, 6.45) is 4.07. The van der Waals surface area contributed by atoms with Crippen molar-refractivity contribution in [3.63, 3.8) is 0 Å². The lowest BCUT2D eigenvalue weighted by molar-refractivity contribution is 0.0963. The largest absolute Gasteiger partial charge is 0.497 e. The van der Waals surface area contributed by atoms with Gasteiger partial charge < -0.3 is 25.1 Å². The highest BCUT2D eigenvalue weighted by Crippen LogP contribution is 2.11. The molecule has 1 heterocycles. The number of nitrogens with one attached hydrogen (secondary N) is 3. The molecule has 3 rings (SSSR count). The number of methoxy groups -OCH3 is 1. The highest BCUT2D eigenvalue weighted by molar-refractivity contribution is 14.0. The van der Waals surface area contributed by atoms with Gasteiger partial charge in [0.15, 0.2) is 5.96 Å². The van der Waals surface area contributed by atoms with Crippen LogP contribution in [-0.4, -0.2) is 45.7 Å². The topological polar surface area (TPSA) is 87.9 Å². The minimum atomic E-state index is -0.0785. The lowest BCUT2D eigenvalue weighted by Gasteiger charge is -2.13. The van der Waals surface area contributed by atoms with Gasteiger partial charge in [-0.05, 0) is 60.4 Å². The normalized spacial score (nSPS) is 10.8. The second kappa shape index (κ2) is 15.0. The summed E-state index contributed by atoms with van der Waals surface area (Å²) in [6, 6.07) is 19.6. The number of benzene rings is 2. The number of aliphatic imine (C=N–C) groups is 1. The second-order valence-electron chi connectivity index (χ2n) is 7.54. The van der Waals surface area contributed by atoms with Crippen LogP contribution in [0.4, 0.5) is 0 Å². The van der Waals surface area contributed by atoms with Crippen LogP contribution in [-0.2, 0) is 19.3 Å². The van der Waals surface area contributed by atoms with E-state index in [1.165, 1.54) is 5.56 Å².